The topological polar surface area (TPSA) is 85.9 Å². The second-order valence-electron chi connectivity index (χ2n) is 7.27. The molecule has 0 bridgehead atoms. The molecule has 2 heterocycles. The first-order valence-electron chi connectivity index (χ1n) is 9.82. The Morgan fingerprint density at radius 2 is 1.36 bits per heavy atom. The van der Waals surface area contributed by atoms with E-state index in [0.717, 1.165) is 55.5 Å². The van der Waals surface area contributed by atoms with E-state index in [9.17, 15) is 9.59 Å². The monoisotopic (exact) mass is 542 g/mol. The van der Waals surface area contributed by atoms with Gasteiger partial charge in [0.1, 0.15) is 0 Å². The average Bonchev–Trinajstić information content (AvgIpc) is 3.42. The van der Waals surface area contributed by atoms with E-state index in [1.165, 1.54) is 0 Å². The molecule has 8 heteroatoms. The lowest BCUT2D eigenvalue weighted by molar-refractivity contribution is 0.111. The molecule has 0 radical (unpaired) electrons. The van der Waals surface area contributed by atoms with Crippen molar-refractivity contribution in [2.45, 2.75) is 6.61 Å². The summed E-state index contributed by atoms with van der Waals surface area (Å²) in [6.07, 6.45) is 4.98. The fourth-order valence-electron chi connectivity index (χ4n) is 3.51. The molecule has 0 aliphatic heterocycles. The van der Waals surface area contributed by atoms with E-state index in [1.54, 1.807) is 18.5 Å². The summed E-state index contributed by atoms with van der Waals surface area (Å²) in [5.41, 5.74) is 5.64. The maximum atomic E-state index is 11.0. The summed E-state index contributed by atoms with van der Waals surface area (Å²) in [6, 6.07) is 14.9. The normalized spacial score (nSPS) is 10.8. The number of aldehydes is 2. The molecule has 5 aromatic rings. The minimum Gasteiger partial charge on any atom is -0.392 e. The van der Waals surface area contributed by atoms with Gasteiger partial charge in [0.05, 0.1) is 16.7 Å². The predicted molar refractivity (Wildman–Crippen MR) is 136 cm³/mol. The van der Waals surface area contributed by atoms with Gasteiger partial charge >= 0.3 is 0 Å². The van der Waals surface area contributed by atoms with Gasteiger partial charge in [0.25, 0.3) is 0 Å². The lowest BCUT2D eigenvalue weighted by Crippen LogP contribution is -1.85. The molecule has 166 valence electrons. The minimum atomic E-state index is 0.0140. The molecule has 0 aliphatic rings. The second-order valence-corrected chi connectivity index (χ2v) is 8.94. The number of benzene rings is 3. The highest BCUT2D eigenvalue weighted by Crippen LogP contribution is 2.33. The molecule has 0 unspecified atom stereocenters. The highest BCUT2D eigenvalue weighted by molar-refractivity contribution is 9.10. The summed E-state index contributed by atoms with van der Waals surface area (Å²) in [7, 11) is 0. The molecule has 3 aromatic carbocycles. The van der Waals surface area contributed by atoms with Crippen LogP contribution in [0.2, 0.25) is 10.0 Å². The first-order valence-corrected chi connectivity index (χ1v) is 11.4. The van der Waals surface area contributed by atoms with Crippen molar-refractivity contribution in [1.29, 1.82) is 0 Å². The van der Waals surface area contributed by atoms with E-state index >= 15 is 0 Å². The molecule has 3 N–H and O–H groups in total. The van der Waals surface area contributed by atoms with Crippen molar-refractivity contribution in [3.05, 3.63) is 92.1 Å². The lowest BCUT2D eigenvalue weighted by Gasteiger charge is -2.06. The van der Waals surface area contributed by atoms with Gasteiger partial charge in [0, 0.05) is 55.4 Å². The number of aromatic amines is 2. The molecular formula is C25H17BrCl2N2O3. The zero-order chi connectivity index (χ0) is 23.5. The van der Waals surface area contributed by atoms with Crippen molar-refractivity contribution in [3.8, 4) is 11.1 Å². The molecule has 0 atom stereocenters. The summed E-state index contributed by atoms with van der Waals surface area (Å²) in [4.78, 5) is 27.6. The van der Waals surface area contributed by atoms with Gasteiger partial charge in [0.2, 0.25) is 0 Å². The van der Waals surface area contributed by atoms with Crippen LogP contribution in [0.4, 0.5) is 0 Å². The largest absolute Gasteiger partial charge is 0.392 e. The number of aliphatic hydroxyl groups is 1. The maximum Gasteiger partial charge on any atom is 0.152 e. The molecule has 5 nitrogen and oxygen atoms in total. The van der Waals surface area contributed by atoms with Gasteiger partial charge in [-0.15, -0.1) is 0 Å². The molecule has 0 spiro atoms. The number of hydrogen-bond acceptors (Lipinski definition) is 3. The van der Waals surface area contributed by atoms with E-state index in [4.69, 9.17) is 28.3 Å². The number of hydrogen-bond donors (Lipinski definition) is 3. The second kappa shape index (κ2) is 9.93. The van der Waals surface area contributed by atoms with Crippen LogP contribution in [0.15, 0.2) is 65.4 Å². The van der Waals surface area contributed by atoms with Crippen LogP contribution in [0.5, 0.6) is 0 Å². The summed E-state index contributed by atoms with van der Waals surface area (Å²) in [6.45, 7) is 0.0140. The molecule has 5 rings (SSSR count). The Bertz CT molecular complexity index is 1470. The SMILES string of the molecule is O=Cc1c[nH]c2cc(Cl)c(-c3ccc(CO)cc3)cc12.O=Cc1c[nH]c2cc(Cl)c(Br)cc12. The highest BCUT2D eigenvalue weighted by atomic mass is 79.9. The Morgan fingerprint density at radius 1 is 0.818 bits per heavy atom. The number of H-pyrrole nitrogens is 2. The Morgan fingerprint density at radius 3 is 1.91 bits per heavy atom. The number of aliphatic hydroxyl groups excluding tert-OH is 1. The van der Waals surface area contributed by atoms with Crippen molar-refractivity contribution in [2.24, 2.45) is 0 Å². The van der Waals surface area contributed by atoms with Gasteiger partial charge in [-0.2, -0.15) is 0 Å². The summed E-state index contributed by atoms with van der Waals surface area (Å²) < 4.78 is 0.796. The van der Waals surface area contributed by atoms with Crippen molar-refractivity contribution < 1.29 is 14.7 Å². The zero-order valence-corrected chi connectivity index (χ0v) is 20.1. The smallest absolute Gasteiger partial charge is 0.152 e. The van der Waals surface area contributed by atoms with Gasteiger partial charge in [-0.25, -0.2) is 0 Å². The first kappa shape index (κ1) is 23.3. The first-order chi connectivity index (χ1) is 15.9. The van der Waals surface area contributed by atoms with Gasteiger partial charge in [-0.3, -0.25) is 9.59 Å². The number of halogens is 3. The summed E-state index contributed by atoms with van der Waals surface area (Å²) in [5.74, 6) is 0. The predicted octanol–water partition coefficient (Wildman–Crippen LogP) is 7.19. The van der Waals surface area contributed by atoms with Crippen molar-refractivity contribution in [2.75, 3.05) is 0 Å². The average molecular weight is 544 g/mol. The van der Waals surface area contributed by atoms with Gasteiger partial charge < -0.3 is 15.1 Å². The molecular weight excluding hydrogens is 527 g/mol. The fraction of sp³-hybridized carbons (Fsp3) is 0.0400. The van der Waals surface area contributed by atoms with Crippen LogP contribution in [0.25, 0.3) is 32.9 Å². The van der Waals surface area contributed by atoms with Crippen molar-refractivity contribution >= 4 is 73.5 Å². The Kier molecular flexibility index (Phi) is 7.00. The third-order valence-corrected chi connectivity index (χ3v) is 6.77. The summed E-state index contributed by atoms with van der Waals surface area (Å²) >= 11 is 15.5. The molecule has 2 aromatic heterocycles. The Labute approximate surface area is 207 Å². The van der Waals surface area contributed by atoms with Crippen LogP contribution < -0.4 is 0 Å². The molecule has 0 aliphatic carbocycles. The Balaban J connectivity index is 0.000000172. The number of carbonyl (C=O) groups is 2. The molecule has 0 fully saturated rings. The zero-order valence-electron chi connectivity index (χ0n) is 17.0. The number of nitrogens with one attached hydrogen (secondary N) is 2. The van der Waals surface area contributed by atoms with E-state index in [-0.39, 0.29) is 6.61 Å². The van der Waals surface area contributed by atoms with Gasteiger partial charge in [-0.1, -0.05) is 47.5 Å². The van der Waals surface area contributed by atoms with E-state index in [0.29, 0.717) is 21.2 Å². The molecule has 0 amide bonds. The van der Waals surface area contributed by atoms with Crippen molar-refractivity contribution in [3.63, 3.8) is 0 Å². The Hall–Kier alpha value is -2.90. The number of rotatable bonds is 4. The van der Waals surface area contributed by atoms with Crippen LogP contribution in [0, 0.1) is 0 Å². The fourth-order valence-corrected chi connectivity index (χ4v) is 4.29. The van der Waals surface area contributed by atoms with Crippen LogP contribution in [-0.2, 0) is 6.61 Å². The molecule has 0 saturated carbocycles. The third-order valence-electron chi connectivity index (χ3n) is 5.26. The molecule has 0 saturated heterocycles. The standard InChI is InChI=1S/C16H12ClNO2.C9H5BrClNO/c17-15-6-16-14(12(9-20)7-18-16)5-13(15)11-3-1-10(8-19)2-4-11;10-7-1-6-5(4-13)3-12-9(6)2-8(7)11/h1-7,9,18-19H,8H2;1-4,12H. The third kappa shape index (κ3) is 4.75. The number of carbonyl (C=O) groups excluding carboxylic acids is 2. The quantitative estimate of drug-likeness (QED) is 0.210. The maximum absolute atomic E-state index is 11.0. The van der Waals surface area contributed by atoms with E-state index in [1.807, 2.05) is 42.5 Å². The summed E-state index contributed by atoms with van der Waals surface area (Å²) in [5, 5.41) is 12.1. The van der Waals surface area contributed by atoms with E-state index < -0.39 is 0 Å². The van der Waals surface area contributed by atoms with Gasteiger partial charge in [0.15, 0.2) is 12.6 Å². The minimum absolute atomic E-state index is 0.0140. The van der Waals surface area contributed by atoms with Crippen LogP contribution in [-0.4, -0.2) is 27.6 Å². The number of aromatic nitrogens is 2. The van der Waals surface area contributed by atoms with Crippen molar-refractivity contribution in [1.82, 2.24) is 9.97 Å². The molecule has 33 heavy (non-hydrogen) atoms. The highest BCUT2D eigenvalue weighted by Gasteiger charge is 2.10. The van der Waals surface area contributed by atoms with Gasteiger partial charge in [-0.05, 0) is 51.3 Å². The number of fused-ring (bicyclic) bond motifs is 2. The van der Waals surface area contributed by atoms with E-state index in [2.05, 4.69) is 25.9 Å². The van der Waals surface area contributed by atoms with Crippen LogP contribution in [0.3, 0.4) is 0 Å². The van der Waals surface area contributed by atoms with Crippen LogP contribution >= 0.6 is 39.1 Å². The van der Waals surface area contributed by atoms with Crippen LogP contribution in [0.1, 0.15) is 26.3 Å². The lowest BCUT2D eigenvalue weighted by atomic mass is 10.0.